The molecule has 3 rings (SSSR count). The first kappa shape index (κ1) is 30.9. The number of hydrogen-bond acceptors (Lipinski definition) is 4. The van der Waals surface area contributed by atoms with E-state index in [0.717, 1.165) is 32.8 Å². The van der Waals surface area contributed by atoms with E-state index >= 15 is 0 Å². The molecule has 2 amide bonds. The number of nitrogens with one attached hydrogen (secondary N) is 1. The van der Waals surface area contributed by atoms with E-state index in [-0.39, 0.29) is 24.4 Å². The van der Waals surface area contributed by atoms with Crippen LogP contribution in [0.15, 0.2) is 78.9 Å². The van der Waals surface area contributed by atoms with Gasteiger partial charge in [-0.25, -0.2) is 8.42 Å². The van der Waals surface area contributed by atoms with Crippen molar-refractivity contribution in [3.63, 3.8) is 0 Å². The third-order valence-electron chi connectivity index (χ3n) is 6.64. The minimum atomic E-state index is -3.82. The summed E-state index contributed by atoms with van der Waals surface area (Å²) in [6.07, 6.45) is 1.40. The molecule has 0 aromatic heterocycles. The number of para-hydroxylation sites is 1. The van der Waals surface area contributed by atoms with Crippen molar-refractivity contribution in [1.82, 2.24) is 10.2 Å². The van der Waals surface area contributed by atoms with Gasteiger partial charge in [0.2, 0.25) is 21.8 Å². The molecule has 0 heterocycles. The Bertz CT molecular complexity index is 1400. The van der Waals surface area contributed by atoms with Gasteiger partial charge < -0.3 is 10.2 Å². The Morgan fingerprint density at radius 2 is 1.48 bits per heavy atom. The summed E-state index contributed by atoms with van der Waals surface area (Å²) in [5, 5.41) is 2.97. The molecule has 0 radical (unpaired) electrons. The Labute approximate surface area is 239 Å². The van der Waals surface area contributed by atoms with E-state index in [2.05, 4.69) is 5.32 Å². The van der Waals surface area contributed by atoms with Crippen LogP contribution in [-0.2, 0) is 32.6 Å². The van der Waals surface area contributed by atoms with Crippen LogP contribution in [0.2, 0.25) is 0 Å². The van der Waals surface area contributed by atoms with E-state index in [1.807, 2.05) is 101 Å². The average Bonchev–Trinajstić information content (AvgIpc) is 2.88. The number of hydrogen-bond donors (Lipinski definition) is 1. The number of amides is 2. The topological polar surface area (TPSA) is 86.8 Å². The highest BCUT2D eigenvalue weighted by Crippen LogP contribution is 2.29. The quantitative estimate of drug-likeness (QED) is 0.334. The Balaban J connectivity index is 2.09. The number of benzene rings is 3. The van der Waals surface area contributed by atoms with Gasteiger partial charge in [-0.05, 0) is 49.4 Å². The van der Waals surface area contributed by atoms with Crippen LogP contribution in [-0.4, -0.2) is 50.0 Å². The van der Waals surface area contributed by atoms with Crippen molar-refractivity contribution in [2.75, 3.05) is 17.1 Å². The first-order chi connectivity index (χ1) is 18.9. The minimum absolute atomic E-state index is 0.0431. The third kappa shape index (κ3) is 8.42. The molecule has 8 heteroatoms. The zero-order valence-electron chi connectivity index (χ0n) is 24.3. The van der Waals surface area contributed by atoms with Crippen LogP contribution >= 0.6 is 0 Å². The van der Waals surface area contributed by atoms with E-state index in [1.54, 1.807) is 12.1 Å². The summed E-state index contributed by atoms with van der Waals surface area (Å²) in [6.45, 7) is 9.42. The molecule has 40 heavy (non-hydrogen) atoms. The molecule has 1 atom stereocenters. The van der Waals surface area contributed by atoms with Crippen LogP contribution in [0.5, 0.6) is 0 Å². The van der Waals surface area contributed by atoms with Crippen LogP contribution in [0.3, 0.4) is 0 Å². The molecule has 0 fully saturated rings. The summed E-state index contributed by atoms with van der Waals surface area (Å²) in [5.74, 6) is -0.694. The second-order valence-corrected chi connectivity index (χ2v) is 12.8. The van der Waals surface area contributed by atoms with E-state index in [0.29, 0.717) is 12.1 Å². The van der Waals surface area contributed by atoms with Gasteiger partial charge in [-0.2, -0.15) is 0 Å². The Morgan fingerprint density at radius 3 is 2.08 bits per heavy atom. The predicted octanol–water partition coefficient (Wildman–Crippen LogP) is 5.05. The highest BCUT2D eigenvalue weighted by Gasteiger charge is 2.33. The second kappa shape index (κ2) is 13.6. The van der Waals surface area contributed by atoms with Gasteiger partial charge in [0.25, 0.3) is 0 Å². The molecule has 0 aliphatic heterocycles. The van der Waals surface area contributed by atoms with Gasteiger partial charge in [-0.1, -0.05) is 92.2 Å². The lowest BCUT2D eigenvalue weighted by molar-refractivity contribution is -0.140. The molecule has 3 aromatic rings. The summed E-state index contributed by atoms with van der Waals surface area (Å²) in [7, 11) is -3.82. The molecule has 1 unspecified atom stereocenters. The Hall–Kier alpha value is -3.65. The van der Waals surface area contributed by atoms with Gasteiger partial charge >= 0.3 is 0 Å². The highest BCUT2D eigenvalue weighted by molar-refractivity contribution is 7.92. The first-order valence-electron chi connectivity index (χ1n) is 13.6. The summed E-state index contributed by atoms with van der Waals surface area (Å²) in [4.78, 5) is 29.3. The van der Waals surface area contributed by atoms with Gasteiger partial charge in [0.15, 0.2) is 0 Å². The number of carbonyl (C=O) groups is 2. The number of sulfonamides is 1. The van der Waals surface area contributed by atoms with Crippen molar-refractivity contribution < 1.29 is 18.0 Å². The van der Waals surface area contributed by atoms with Crippen molar-refractivity contribution in [3.8, 4) is 0 Å². The molecule has 0 aliphatic carbocycles. The van der Waals surface area contributed by atoms with E-state index in [1.165, 1.54) is 4.90 Å². The zero-order valence-corrected chi connectivity index (χ0v) is 25.1. The van der Waals surface area contributed by atoms with Crippen molar-refractivity contribution >= 4 is 27.5 Å². The molecule has 0 aliphatic rings. The lowest BCUT2D eigenvalue weighted by Crippen LogP contribution is -2.54. The van der Waals surface area contributed by atoms with Crippen LogP contribution in [0.4, 0.5) is 5.69 Å². The van der Waals surface area contributed by atoms with E-state index < -0.39 is 28.5 Å². The lowest BCUT2D eigenvalue weighted by Gasteiger charge is -2.34. The van der Waals surface area contributed by atoms with Crippen molar-refractivity contribution in [2.45, 2.75) is 65.6 Å². The van der Waals surface area contributed by atoms with Crippen molar-refractivity contribution in [3.05, 3.63) is 101 Å². The predicted molar refractivity (Wildman–Crippen MR) is 162 cm³/mol. The highest BCUT2D eigenvalue weighted by atomic mass is 32.2. The maximum absolute atomic E-state index is 14.2. The monoisotopic (exact) mass is 563 g/mol. The molecule has 0 saturated heterocycles. The van der Waals surface area contributed by atoms with Gasteiger partial charge in [0.1, 0.15) is 12.6 Å². The fourth-order valence-corrected chi connectivity index (χ4v) is 5.61. The number of rotatable bonds is 12. The zero-order chi connectivity index (χ0) is 29.4. The molecule has 0 bridgehead atoms. The fraction of sp³-hybridized carbons (Fsp3) is 0.375. The Morgan fingerprint density at radius 1 is 0.850 bits per heavy atom. The molecule has 0 spiro atoms. The molecular weight excluding hydrogens is 522 g/mol. The summed E-state index contributed by atoms with van der Waals surface area (Å²) in [6, 6.07) is 23.6. The maximum Gasteiger partial charge on any atom is 0.244 e. The summed E-state index contributed by atoms with van der Waals surface area (Å²) >= 11 is 0. The number of nitrogens with zero attached hydrogens (tertiary/aromatic N) is 2. The fourth-order valence-electron chi connectivity index (χ4n) is 4.74. The third-order valence-corrected chi connectivity index (χ3v) is 7.77. The summed E-state index contributed by atoms with van der Waals surface area (Å²) in [5.41, 5.74) is 4.08. The van der Waals surface area contributed by atoms with E-state index in [4.69, 9.17) is 0 Å². The number of carbonyl (C=O) groups excluding carboxylic acids is 2. The van der Waals surface area contributed by atoms with Crippen LogP contribution < -0.4 is 9.62 Å². The Kier molecular flexibility index (Phi) is 10.5. The smallest absolute Gasteiger partial charge is 0.244 e. The molecular formula is C32H41N3O4S. The van der Waals surface area contributed by atoms with Crippen molar-refractivity contribution in [1.29, 1.82) is 0 Å². The van der Waals surface area contributed by atoms with Gasteiger partial charge in [-0.3, -0.25) is 13.9 Å². The second-order valence-electron chi connectivity index (χ2n) is 10.9. The molecule has 214 valence electrons. The number of aryl methyl sites for hydroxylation is 1. The van der Waals surface area contributed by atoms with Gasteiger partial charge in [0.05, 0.1) is 11.9 Å². The van der Waals surface area contributed by atoms with Crippen LogP contribution in [0.1, 0.15) is 55.9 Å². The summed E-state index contributed by atoms with van der Waals surface area (Å²) < 4.78 is 27.3. The largest absolute Gasteiger partial charge is 0.352 e. The van der Waals surface area contributed by atoms with Crippen LogP contribution in [0.25, 0.3) is 0 Å². The number of anilines is 1. The molecule has 1 N–H and O–H groups in total. The molecule has 7 nitrogen and oxygen atoms in total. The van der Waals surface area contributed by atoms with E-state index in [9.17, 15) is 18.0 Å². The normalized spacial score (nSPS) is 12.3. The van der Waals surface area contributed by atoms with Crippen molar-refractivity contribution in [2.24, 2.45) is 0 Å². The minimum Gasteiger partial charge on any atom is -0.352 e. The lowest BCUT2D eigenvalue weighted by atomic mass is 10.0. The average molecular weight is 564 g/mol. The van der Waals surface area contributed by atoms with Gasteiger partial charge in [-0.15, -0.1) is 0 Å². The SMILES string of the molecule is Cc1cccc(CN(C(=O)CN(c2ccccc2C(C)C)S(C)(=O)=O)C(Cc2ccccc2)C(=O)NC(C)C)c1. The molecule has 0 saturated carbocycles. The first-order valence-corrected chi connectivity index (χ1v) is 15.5. The van der Waals surface area contributed by atoms with Gasteiger partial charge in [0, 0.05) is 19.0 Å². The maximum atomic E-state index is 14.2. The standard InChI is InChI=1S/C32H41N3O4S/c1-23(2)28-17-10-11-18-29(28)35(40(6,38)39)22-31(36)34(21-27-16-12-13-25(5)19-27)30(32(37)33-24(3)4)20-26-14-8-7-9-15-26/h7-19,23-24,30H,20-22H2,1-6H3,(H,33,37). The molecule has 3 aromatic carbocycles. The van der Waals surface area contributed by atoms with Crippen LogP contribution in [0, 0.1) is 6.92 Å².